The lowest BCUT2D eigenvalue weighted by Gasteiger charge is -2.50. The number of halogens is 4. The Morgan fingerprint density at radius 1 is 0.940 bits per heavy atom. The van der Waals surface area contributed by atoms with Crippen molar-refractivity contribution < 1.29 is 38.1 Å². The largest absolute Gasteiger partial charge is 0.505 e. The number of carbonyl (C=O) groups excluding carboxylic acids is 4. The molecule has 6 atom stereocenters. The second kappa shape index (κ2) is 12.5. The standard InChI is InChI=1S/C37H30BrCl2FN2O7/c1-49-23-10-14-29(50-2)20(15-23)6-3-19-4-8-22(9-5-19)43-32(45)25-12-11-24-26(30(25)33(43)46)17-36(39)34(47)42(18-38)35(48)37(36,40)31(24)21-7-13-28(44)27(41)16-21/h3-11,13-16,25-26,30-31,44H,12,17-18H2,1-2H3/t25-,26+,30-,31-,36+,37-/m0/s1. The molecule has 7 rings (SSSR count). The predicted octanol–water partition coefficient (Wildman–Crippen LogP) is 6.63. The summed E-state index contributed by atoms with van der Waals surface area (Å²) < 4.78 is 25.6. The summed E-state index contributed by atoms with van der Waals surface area (Å²) in [4.78, 5) is 53.9. The third-order valence-electron chi connectivity index (χ3n) is 10.4. The van der Waals surface area contributed by atoms with Crippen LogP contribution in [0.1, 0.15) is 35.4 Å². The molecule has 0 aromatic heterocycles. The van der Waals surface area contributed by atoms with Gasteiger partial charge in [-0.25, -0.2) is 4.39 Å². The van der Waals surface area contributed by atoms with E-state index in [1.807, 2.05) is 18.2 Å². The maximum Gasteiger partial charge on any atom is 0.254 e. The highest BCUT2D eigenvalue weighted by atomic mass is 79.9. The Morgan fingerprint density at radius 3 is 2.34 bits per heavy atom. The topological polar surface area (TPSA) is 113 Å². The molecule has 2 aliphatic heterocycles. The number of anilines is 1. The molecule has 0 radical (unpaired) electrons. The molecule has 3 aromatic rings. The molecule has 0 spiro atoms. The number of likely N-dealkylation sites (tertiary alicyclic amines) is 1. The fourth-order valence-electron chi connectivity index (χ4n) is 7.97. The molecule has 1 saturated carbocycles. The van der Waals surface area contributed by atoms with E-state index in [-0.39, 0.29) is 23.9 Å². The number of methoxy groups -OCH3 is 2. The first-order chi connectivity index (χ1) is 23.9. The van der Waals surface area contributed by atoms with E-state index in [0.717, 1.165) is 33.1 Å². The van der Waals surface area contributed by atoms with E-state index in [1.165, 1.54) is 6.07 Å². The number of aromatic hydroxyl groups is 1. The smallest absolute Gasteiger partial charge is 0.254 e. The highest BCUT2D eigenvalue weighted by Gasteiger charge is 2.76. The van der Waals surface area contributed by atoms with Gasteiger partial charge in [0.15, 0.2) is 21.3 Å². The average Bonchev–Trinajstić information content (AvgIpc) is 3.45. The van der Waals surface area contributed by atoms with Gasteiger partial charge in [-0.05, 0) is 72.4 Å². The zero-order valence-corrected chi connectivity index (χ0v) is 29.8. The molecule has 50 heavy (non-hydrogen) atoms. The van der Waals surface area contributed by atoms with Crippen molar-refractivity contribution in [1.29, 1.82) is 0 Å². The minimum atomic E-state index is -2.07. The van der Waals surface area contributed by atoms with Crippen LogP contribution in [0.2, 0.25) is 0 Å². The van der Waals surface area contributed by atoms with Crippen molar-refractivity contribution in [2.75, 3.05) is 24.6 Å². The van der Waals surface area contributed by atoms with Crippen LogP contribution in [0.25, 0.3) is 12.2 Å². The van der Waals surface area contributed by atoms with Crippen molar-refractivity contribution in [3.63, 3.8) is 0 Å². The number of imide groups is 2. The molecule has 3 fully saturated rings. The number of phenolic OH excluding ortho intramolecular Hbond substituents is 1. The van der Waals surface area contributed by atoms with E-state index in [0.29, 0.717) is 22.8 Å². The number of hydrogen-bond donors (Lipinski definition) is 1. The van der Waals surface area contributed by atoms with Crippen LogP contribution in [0.3, 0.4) is 0 Å². The normalized spacial score (nSPS) is 28.9. The van der Waals surface area contributed by atoms with E-state index >= 15 is 0 Å². The van der Waals surface area contributed by atoms with Gasteiger partial charge in [0, 0.05) is 11.5 Å². The number of alkyl halides is 3. The number of carbonyl (C=O) groups is 4. The summed E-state index contributed by atoms with van der Waals surface area (Å²) in [5, 5.41) is 9.93. The van der Waals surface area contributed by atoms with Crippen LogP contribution in [0.5, 0.6) is 17.2 Å². The minimum absolute atomic E-state index is 0.157. The quantitative estimate of drug-likeness (QED) is 0.0941. The first kappa shape index (κ1) is 34.3. The van der Waals surface area contributed by atoms with Crippen molar-refractivity contribution in [1.82, 2.24) is 4.90 Å². The minimum Gasteiger partial charge on any atom is -0.505 e. The predicted molar refractivity (Wildman–Crippen MR) is 189 cm³/mol. The Bertz CT molecular complexity index is 2020. The number of nitrogens with zero attached hydrogens (tertiary/aromatic N) is 2. The number of benzene rings is 3. The molecule has 9 nitrogen and oxygen atoms in total. The summed E-state index contributed by atoms with van der Waals surface area (Å²) >= 11 is 17.6. The van der Waals surface area contributed by atoms with Crippen LogP contribution >= 0.6 is 39.1 Å². The van der Waals surface area contributed by atoms with Gasteiger partial charge in [-0.15, -0.1) is 23.2 Å². The molecule has 4 amide bonds. The van der Waals surface area contributed by atoms with E-state index in [9.17, 15) is 28.7 Å². The summed E-state index contributed by atoms with van der Waals surface area (Å²) in [6, 6.07) is 16.0. The fourth-order valence-corrected chi connectivity index (χ4v) is 9.40. The Hall–Kier alpha value is -4.19. The van der Waals surface area contributed by atoms with Crippen molar-refractivity contribution in [3.8, 4) is 17.2 Å². The van der Waals surface area contributed by atoms with Crippen molar-refractivity contribution in [2.24, 2.45) is 17.8 Å². The molecule has 13 heteroatoms. The van der Waals surface area contributed by atoms with Gasteiger partial charge in [0.05, 0.1) is 37.2 Å². The first-order valence-corrected chi connectivity index (χ1v) is 17.6. The maximum absolute atomic E-state index is 14.8. The Balaban J connectivity index is 1.23. The number of rotatable bonds is 7. The van der Waals surface area contributed by atoms with Crippen LogP contribution in [0.4, 0.5) is 10.1 Å². The fraction of sp³-hybridized carbons (Fsp3) is 0.297. The van der Waals surface area contributed by atoms with Crippen LogP contribution < -0.4 is 14.4 Å². The highest BCUT2D eigenvalue weighted by molar-refractivity contribution is 9.09. The summed E-state index contributed by atoms with van der Waals surface area (Å²) in [5.41, 5.74) is 2.54. The Morgan fingerprint density at radius 2 is 1.68 bits per heavy atom. The van der Waals surface area contributed by atoms with Crippen LogP contribution in [0.15, 0.2) is 72.3 Å². The van der Waals surface area contributed by atoms with Crippen LogP contribution in [-0.4, -0.2) is 63.1 Å². The summed E-state index contributed by atoms with van der Waals surface area (Å²) in [6.07, 6.45) is 5.47. The molecule has 2 aliphatic carbocycles. The second-order valence-electron chi connectivity index (χ2n) is 12.7. The molecule has 0 bridgehead atoms. The number of allylic oxidation sites excluding steroid dienone is 2. The van der Waals surface area contributed by atoms with E-state index in [2.05, 4.69) is 15.9 Å². The number of fused-ring (bicyclic) bond motifs is 4. The third-order valence-corrected chi connectivity index (χ3v) is 12.3. The number of phenols is 1. The molecular weight excluding hydrogens is 754 g/mol. The van der Waals surface area contributed by atoms with Gasteiger partial charge in [-0.1, -0.05) is 57.9 Å². The number of hydrogen-bond acceptors (Lipinski definition) is 7. The number of ether oxygens (including phenoxy) is 2. The van der Waals surface area contributed by atoms with Crippen LogP contribution in [0, 0.1) is 23.6 Å². The average molecular weight is 784 g/mol. The third kappa shape index (κ3) is 4.92. The van der Waals surface area contributed by atoms with Gasteiger partial charge >= 0.3 is 0 Å². The molecule has 2 saturated heterocycles. The molecular formula is C37H30BrCl2FN2O7. The lowest BCUT2D eigenvalue weighted by molar-refractivity contribution is -0.138. The zero-order chi connectivity index (χ0) is 35.7. The van der Waals surface area contributed by atoms with Gasteiger partial charge in [-0.3, -0.25) is 29.0 Å². The van der Waals surface area contributed by atoms with Crippen molar-refractivity contribution >= 4 is 80.6 Å². The zero-order valence-electron chi connectivity index (χ0n) is 26.7. The Labute approximate surface area is 305 Å². The Kier molecular flexibility index (Phi) is 8.60. The lowest BCUT2D eigenvalue weighted by atomic mass is 9.56. The molecule has 1 N–H and O–H groups in total. The molecule has 0 unspecified atom stereocenters. The van der Waals surface area contributed by atoms with Gasteiger partial charge in [0.1, 0.15) is 11.5 Å². The van der Waals surface area contributed by atoms with Crippen molar-refractivity contribution in [3.05, 3.63) is 94.8 Å². The monoisotopic (exact) mass is 782 g/mol. The number of amides is 4. The van der Waals surface area contributed by atoms with Crippen molar-refractivity contribution in [2.45, 2.75) is 28.5 Å². The lowest BCUT2D eigenvalue weighted by Crippen LogP contribution is -2.60. The maximum atomic E-state index is 14.8. The van der Waals surface area contributed by atoms with Gasteiger partial charge in [-0.2, -0.15) is 0 Å². The molecule has 258 valence electrons. The van der Waals surface area contributed by atoms with E-state index in [4.69, 9.17) is 32.7 Å². The van der Waals surface area contributed by atoms with Gasteiger partial charge in [0.2, 0.25) is 11.8 Å². The van der Waals surface area contributed by atoms with Gasteiger partial charge in [0.25, 0.3) is 11.8 Å². The second-order valence-corrected chi connectivity index (χ2v) is 14.5. The van der Waals surface area contributed by atoms with E-state index < -0.39 is 68.6 Å². The van der Waals surface area contributed by atoms with E-state index in [1.54, 1.807) is 56.7 Å². The summed E-state index contributed by atoms with van der Waals surface area (Å²) in [5.74, 6) is -6.16. The summed E-state index contributed by atoms with van der Waals surface area (Å²) in [6.45, 7) is 0. The molecule has 4 aliphatic rings. The SMILES string of the molecule is COc1ccc(OC)c(C=Cc2ccc(N3C(=O)[C@H]4[C@H](CC=C5[C@H]4C[C@@]4(Cl)C(=O)N(CBr)C(=O)[C@@]4(Cl)[C@H]5c4ccc(O)c(F)c4)C3=O)cc2)c1. The van der Waals surface area contributed by atoms with Crippen LogP contribution in [-0.2, 0) is 19.2 Å². The molecule has 3 aromatic carbocycles. The summed E-state index contributed by atoms with van der Waals surface area (Å²) in [7, 11) is 3.16. The van der Waals surface area contributed by atoms with Gasteiger partial charge < -0.3 is 14.6 Å². The first-order valence-electron chi connectivity index (χ1n) is 15.8. The molecule has 2 heterocycles. The highest BCUT2D eigenvalue weighted by Crippen LogP contribution is 2.65.